The zero-order chi connectivity index (χ0) is 19.4. The Bertz CT molecular complexity index is 666. The second-order valence-corrected chi connectivity index (χ2v) is 5.78. The first-order chi connectivity index (χ1) is 12.5. The van der Waals surface area contributed by atoms with E-state index in [9.17, 15) is 19.2 Å². The van der Waals surface area contributed by atoms with Gasteiger partial charge in [0.05, 0.1) is 0 Å². The zero-order valence-corrected chi connectivity index (χ0v) is 15.0. The number of ketones is 1. The molecule has 3 amide bonds. The van der Waals surface area contributed by atoms with Gasteiger partial charge >= 0.3 is 6.03 Å². The molecular weight excluding hydrogens is 336 g/mol. The summed E-state index contributed by atoms with van der Waals surface area (Å²) in [7, 11) is 1.34. The number of aryl methyl sites for hydroxylation is 1. The van der Waals surface area contributed by atoms with E-state index in [1.165, 1.54) is 13.1 Å². The van der Waals surface area contributed by atoms with E-state index in [0.29, 0.717) is 19.4 Å². The van der Waals surface area contributed by atoms with Gasteiger partial charge in [-0.1, -0.05) is 30.5 Å². The molecule has 0 aliphatic rings. The maximum Gasteiger partial charge on any atom is 0.319 e. The number of urea groups is 1. The van der Waals surface area contributed by atoms with Crippen molar-refractivity contribution in [1.29, 1.82) is 0 Å². The van der Waals surface area contributed by atoms with Crippen molar-refractivity contribution in [3.63, 3.8) is 0 Å². The highest BCUT2D eigenvalue weighted by atomic mass is 16.2. The predicted octanol–water partition coefficient (Wildman–Crippen LogP) is 1.70. The molecule has 0 spiro atoms. The Balaban J connectivity index is 2.23. The number of rotatable bonds is 10. The van der Waals surface area contributed by atoms with Crippen molar-refractivity contribution in [3.05, 3.63) is 29.8 Å². The van der Waals surface area contributed by atoms with Gasteiger partial charge in [0.15, 0.2) is 0 Å². The van der Waals surface area contributed by atoms with Gasteiger partial charge in [0.25, 0.3) is 5.91 Å². The summed E-state index contributed by atoms with van der Waals surface area (Å²) in [5, 5.41) is 7.69. The molecule has 1 unspecified atom stereocenters. The van der Waals surface area contributed by atoms with Gasteiger partial charge in [-0.05, 0) is 31.9 Å². The van der Waals surface area contributed by atoms with Crippen molar-refractivity contribution in [2.75, 3.05) is 18.9 Å². The molecule has 0 aliphatic heterocycles. The Hall–Kier alpha value is -2.99. The molecule has 0 bridgehead atoms. The molecule has 1 atom stereocenters. The third kappa shape index (κ3) is 7.72. The Morgan fingerprint density at radius 2 is 1.81 bits per heavy atom. The summed E-state index contributed by atoms with van der Waals surface area (Å²) < 4.78 is 0. The summed E-state index contributed by atoms with van der Waals surface area (Å²) in [6.45, 7) is 2.44. The monoisotopic (exact) mass is 360 g/mol. The van der Waals surface area contributed by atoms with E-state index in [4.69, 9.17) is 0 Å². The third-order valence-corrected chi connectivity index (χ3v) is 3.71. The van der Waals surface area contributed by atoms with Gasteiger partial charge in [0.2, 0.25) is 11.9 Å². The third-order valence-electron chi connectivity index (χ3n) is 3.71. The fourth-order valence-electron chi connectivity index (χ4n) is 2.25. The van der Waals surface area contributed by atoms with Crippen LogP contribution in [0.25, 0.3) is 0 Å². The number of aliphatic imine (C=N–C) groups is 1. The number of carbonyl (C=O) groups is 3. The summed E-state index contributed by atoms with van der Waals surface area (Å²) >= 11 is 0. The van der Waals surface area contributed by atoms with Crippen molar-refractivity contribution < 1.29 is 19.2 Å². The van der Waals surface area contributed by atoms with Crippen LogP contribution in [0.3, 0.4) is 0 Å². The predicted molar refractivity (Wildman–Crippen MR) is 97.7 cm³/mol. The van der Waals surface area contributed by atoms with Crippen LogP contribution in [-0.4, -0.2) is 43.4 Å². The smallest absolute Gasteiger partial charge is 0.319 e. The number of nitrogens with one attached hydrogen (secondary N) is 3. The number of anilines is 1. The summed E-state index contributed by atoms with van der Waals surface area (Å²) in [6.07, 6.45) is 3.64. The molecular formula is C18H24N4O4. The first-order valence-electron chi connectivity index (χ1n) is 8.42. The number of benzene rings is 1. The van der Waals surface area contributed by atoms with Gasteiger partial charge in [-0.15, -0.1) is 0 Å². The fourth-order valence-corrected chi connectivity index (χ4v) is 2.25. The van der Waals surface area contributed by atoms with Crippen molar-refractivity contribution in [2.45, 2.75) is 38.6 Å². The Morgan fingerprint density at radius 3 is 2.42 bits per heavy atom. The van der Waals surface area contributed by atoms with Gasteiger partial charge < -0.3 is 16.0 Å². The fraction of sp³-hybridized carbons (Fsp3) is 0.444. The number of hydrogen-bond acceptors (Lipinski definition) is 5. The van der Waals surface area contributed by atoms with Crippen LogP contribution in [0.1, 0.15) is 31.2 Å². The molecule has 140 valence electrons. The van der Waals surface area contributed by atoms with Gasteiger partial charge in [-0.25, -0.2) is 9.59 Å². The molecule has 0 saturated carbocycles. The van der Waals surface area contributed by atoms with Crippen molar-refractivity contribution in [2.24, 2.45) is 4.99 Å². The molecule has 1 aromatic rings. The number of isocyanates is 1. The molecule has 1 rings (SSSR count). The minimum Gasteiger partial charge on any atom is -0.353 e. The number of unbranched alkanes of at least 4 members (excludes halogenated alkanes) is 2. The zero-order valence-electron chi connectivity index (χ0n) is 15.0. The van der Waals surface area contributed by atoms with Gasteiger partial charge in [-0.3, -0.25) is 9.59 Å². The van der Waals surface area contributed by atoms with Crippen LogP contribution in [0.4, 0.5) is 10.5 Å². The maximum absolute atomic E-state index is 11.8. The minimum absolute atomic E-state index is 0.285. The van der Waals surface area contributed by atoms with E-state index in [-0.39, 0.29) is 12.5 Å². The molecule has 0 heterocycles. The largest absolute Gasteiger partial charge is 0.353 e. The van der Waals surface area contributed by atoms with E-state index in [1.54, 1.807) is 0 Å². The van der Waals surface area contributed by atoms with Crippen LogP contribution in [0.2, 0.25) is 0 Å². The van der Waals surface area contributed by atoms with Gasteiger partial charge in [0, 0.05) is 19.3 Å². The molecule has 0 saturated heterocycles. The lowest BCUT2D eigenvalue weighted by atomic mass is 10.0. The van der Waals surface area contributed by atoms with Gasteiger partial charge in [-0.2, -0.15) is 4.99 Å². The number of nitrogens with zero attached hydrogens (tertiary/aromatic N) is 1. The second kappa shape index (κ2) is 11.5. The Kier molecular flexibility index (Phi) is 9.35. The maximum atomic E-state index is 11.8. The van der Waals surface area contributed by atoms with E-state index >= 15 is 0 Å². The van der Waals surface area contributed by atoms with E-state index in [0.717, 1.165) is 17.7 Å². The van der Waals surface area contributed by atoms with Crippen LogP contribution in [-0.2, 0) is 14.4 Å². The quantitative estimate of drug-likeness (QED) is 0.255. The lowest BCUT2D eigenvalue weighted by Gasteiger charge is -2.09. The van der Waals surface area contributed by atoms with E-state index in [2.05, 4.69) is 20.9 Å². The van der Waals surface area contributed by atoms with E-state index in [1.807, 2.05) is 31.2 Å². The molecule has 0 fully saturated rings. The first kappa shape index (κ1) is 21.1. The average Bonchev–Trinajstić information content (AvgIpc) is 2.64. The lowest BCUT2D eigenvalue weighted by Crippen LogP contribution is -2.35. The molecule has 0 aromatic heterocycles. The van der Waals surface area contributed by atoms with Crippen LogP contribution in [0, 0.1) is 6.92 Å². The highest BCUT2D eigenvalue weighted by Gasteiger charge is 2.23. The molecule has 0 aliphatic carbocycles. The SMILES string of the molecule is CNC(=O)C(=O)C(CCCCCNC(=O)Nc1ccc(C)cc1)N=C=O. The molecule has 8 nitrogen and oxygen atoms in total. The molecule has 8 heteroatoms. The Labute approximate surface area is 152 Å². The average molecular weight is 360 g/mol. The van der Waals surface area contributed by atoms with Crippen molar-refractivity contribution in [3.8, 4) is 0 Å². The first-order valence-corrected chi connectivity index (χ1v) is 8.42. The highest BCUT2D eigenvalue weighted by molar-refractivity contribution is 6.38. The summed E-state index contributed by atoms with van der Waals surface area (Å²) in [6, 6.07) is 6.19. The van der Waals surface area contributed by atoms with Crippen LogP contribution in [0.5, 0.6) is 0 Å². The highest BCUT2D eigenvalue weighted by Crippen LogP contribution is 2.09. The molecule has 3 N–H and O–H groups in total. The number of hydrogen-bond donors (Lipinski definition) is 3. The second-order valence-electron chi connectivity index (χ2n) is 5.78. The van der Waals surface area contributed by atoms with E-state index < -0.39 is 17.7 Å². The van der Waals surface area contributed by atoms with Crippen molar-refractivity contribution >= 4 is 29.5 Å². The summed E-state index contributed by atoms with van der Waals surface area (Å²) in [5.41, 5.74) is 1.83. The number of likely N-dealkylation sites (N-methyl/N-ethyl adjacent to an activating group) is 1. The molecule has 0 radical (unpaired) electrons. The number of Topliss-reactive ketones (excluding diaryl/α,β-unsaturated/α-hetero) is 1. The summed E-state index contributed by atoms with van der Waals surface area (Å²) in [4.78, 5) is 48.5. The van der Waals surface area contributed by atoms with Crippen LogP contribution >= 0.6 is 0 Å². The summed E-state index contributed by atoms with van der Waals surface area (Å²) in [5.74, 6) is -1.52. The minimum atomic E-state index is -0.995. The van der Waals surface area contributed by atoms with Crippen LogP contribution < -0.4 is 16.0 Å². The van der Waals surface area contributed by atoms with Crippen molar-refractivity contribution in [1.82, 2.24) is 10.6 Å². The normalized spacial score (nSPS) is 11.0. The molecule has 1 aromatic carbocycles. The number of amides is 3. The molecule has 26 heavy (non-hydrogen) atoms. The topological polar surface area (TPSA) is 117 Å². The standard InChI is InChI=1S/C18H24N4O4/c1-13-7-9-14(10-8-13)22-18(26)20-11-5-3-4-6-15(21-12-23)16(24)17(25)19-2/h7-10,15H,3-6,11H2,1-2H3,(H,19,25)(H2,20,22,26). The van der Waals surface area contributed by atoms with Gasteiger partial charge in [0.1, 0.15) is 6.04 Å². The lowest BCUT2D eigenvalue weighted by molar-refractivity contribution is -0.138. The van der Waals surface area contributed by atoms with Crippen LogP contribution in [0.15, 0.2) is 29.3 Å². The number of carbonyl (C=O) groups excluding carboxylic acids is 4. The Morgan fingerprint density at radius 1 is 1.12 bits per heavy atom.